The lowest BCUT2D eigenvalue weighted by Gasteiger charge is -1.90. The maximum absolute atomic E-state index is 11.0. The van der Waals surface area contributed by atoms with Gasteiger partial charge in [0.1, 0.15) is 5.69 Å². The SMILES string of the molecule is CCc1sc(C)nc1C(C)=O. The Morgan fingerprint density at radius 1 is 1.64 bits per heavy atom. The summed E-state index contributed by atoms with van der Waals surface area (Å²) in [5.74, 6) is 0.0752. The van der Waals surface area contributed by atoms with Crippen molar-refractivity contribution in [3.63, 3.8) is 0 Å². The van der Waals surface area contributed by atoms with Crippen molar-refractivity contribution < 1.29 is 4.79 Å². The number of Topliss-reactive ketones (excluding diaryl/α,β-unsaturated/α-hetero) is 1. The third kappa shape index (κ3) is 1.66. The molecule has 0 fully saturated rings. The maximum Gasteiger partial charge on any atom is 0.179 e. The quantitative estimate of drug-likeness (QED) is 0.635. The molecule has 0 aliphatic carbocycles. The molecule has 0 saturated carbocycles. The summed E-state index contributed by atoms with van der Waals surface area (Å²) in [6.45, 7) is 5.53. The highest BCUT2D eigenvalue weighted by atomic mass is 32.1. The minimum absolute atomic E-state index is 0.0752. The van der Waals surface area contributed by atoms with Gasteiger partial charge in [0.25, 0.3) is 0 Å². The van der Waals surface area contributed by atoms with Crippen LogP contribution >= 0.6 is 11.3 Å². The largest absolute Gasteiger partial charge is 0.293 e. The van der Waals surface area contributed by atoms with E-state index < -0.39 is 0 Å². The summed E-state index contributed by atoms with van der Waals surface area (Å²) in [4.78, 5) is 16.2. The van der Waals surface area contributed by atoms with Gasteiger partial charge in [-0.3, -0.25) is 4.79 Å². The normalized spacial score (nSPS) is 10.1. The van der Waals surface area contributed by atoms with Crippen LogP contribution in [0.15, 0.2) is 0 Å². The molecule has 0 aliphatic rings. The Labute approximate surface area is 70.3 Å². The lowest BCUT2D eigenvalue weighted by molar-refractivity contribution is 0.101. The number of nitrogens with zero attached hydrogens (tertiary/aromatic N) is 1. The van der Waals surface area contributed by atoms with Gasteiger partial charge in [-0.25, -0.2) is 4.98 Å². The van der Waals surface area contributed by atoms with E-state index in [0.29, 0.717) is 5.69 Å². The van der Waals surface area contributed by atoms with E-state index in [1.807, 2.05) is 13.8 Å². The maximum atomic E-state index is 11.0. The molecule has 0 saturated heterocycles. The van der Waals surface area contributed by atoms with E-state index in [1.165, 1.54) is 0 Å². The molecule has 1 heterocycles. The molecule has 0 amide bonds. The first kappa shape index (κ1) is 8.40. The first-order valence-electron chi connectivity index (χ1n) is 3.62. The topological polar surface area (TPSA) is 30.0 Å². The molecule has 0 aliphatic heterocycles. The zero-order valence-corrected chi connectivity index (χ0v) is 7.79. The zero-order chi connectivity index (χ0) is 8.43. The summed E-state index contributed by atoms with van der Waals surface area (Å²) in [7, 11) is 0. The first-order chi connectivity index (χ1) is 5.15. The van der Waals surface area contributed by atoms with Crippen molar-refractivity contribution in [3.8, 4) is 0 Å². The van der Waals surface area contributed by atoms with Gasteiger partial charge < -0.3 is 0 Å². The Morgan fingerprint density at radius 2 is 2.27 bits per heavy atom. The van der Waals surface area contributed by atoms with Crippen molar-refractivity contribution in [3.05, 3.63) is 15.6 Å². The van der Waals surface area contributed by atoms with Crippen LogP contribution in [0.2, 0.25) is 0 Å². The molecule has 0 aromatic carbocycles. The van der Waals surface area contributed by atoms with E-state index in [0.717, 1.165) is 16.3 Å². The summed E-state index contributed by atoms with van der Waals surface area (Å²) in [5.41, 5.74) is 0.662. The van der Waals surface area contributed by atoms with Crippen LogP contribution in [-0.4, -0.2) is 10.8 Å². The highest BCUT2D eigenvalue weighted by Crippen LogP contribution is 2.18. The van der Waals surface area contributed by atoms with Crippen LogP contribution in [0.25, 0.3) is 0 Å². The number of hydrogen-bond acceptors (Lipinski definition) is 3. The van der Waals surface area contributed by atoms with Crippen molar-refractivity contribution in [2.24, 2.45) is 0 Å². The highest BCUT2D eigenvalue weighted by Gasteiger charge is 2.10. The van der Waals surface area contributed by atoms with E-state index in [1.54, 1.807) is 18.3 Å². The van der Waals surface area contributed by atoms with Crippen LogP contribution in [0.4, 0.5) is 0 Å². The lowest BCUT2D eigenvalue weighted by Crippen LogP contribution is -1.96. The van der Waals surface area contributed by atoms with Crippen LogP contribution in [0.3, 0.4) is 0 Å². The molecule has 60 valence electrons. The molecular weight excluding hydrogens is 158 g/mol. The van der Waals surface area contributed by atoms with E-state index >= 15 is 0 Å². The van der Waals surface area contributed by atoms with Gasteiger partial charge in [0.05, 0.1) is 5.01 Å². The molecule has 1 aromatic rings. The van der Waals surface area contributed by atoms with Crippen molar-refractivity contribution in [2.75, 3.05) is 0 Å². The summed E-state index contributed by atoms with van der Waals surface area (Å²) in [6, 6.07) is 0. The predicted octanol–water partition coefficient (Wildman–Crippen LogP) is 2.22. The monoisotopic (exact) mass is 169 g/mol. The van der Waals surface area contributed by atoms with Gasteiger partial charge in [0.2, 0.25) is 0 Å². The molecule has 3 heteroatoms. The molecule has 0 unspecified atom stereocenters. The van der Waals surface area contributed by atoms with Gasteiger partial charge in [0, 0.05) is 11.8 Å². The average molecular weight is 169 g/mol. The Bertz CT molecular complexity index is 278. The second-order valence-electron chi connectivity index (χ2n) is 2.41. The smallest absolute Gasteiger partial charge is 0.179 e. The average Bonchev–Trinajstić information content (AvgIpc) is 2.30. The van der Waals surface area contributed by atoms with Crippen molar-refractivity contribution in [1.82, 2.24) is 4.98 Å². The third-order valence-corrected chi connectivity index (χ3v) is 2.57. The molecule has 0 N–H and O–H groups in total. The van der Waals surface area contributed by atoms with Crippen LogP contribution in [0.1, 0.15) is 34.2 Å². The summed E-state index contributed by atoms with van der Waals surface area (Å²) in [6.07, 6.45) is 0.903. The molecular formula is C8H11NOS. The summed E-state index contributed by atoms with van der Waals surface area (Å²) < 4.78 is 0. The van der Waals surface area contributed by atoms with Gasteiger partial charge >= 0.3 is 0 Å². The number of carbonyl (C=O) groups excluding carboxylic acids is 1. The fourth-order valence-electron chi connectivity index (χ4n) is 0.984. The molecule has 2 nitrogen and oxygen atoms in total. The van der Waals surface area contributed by atoms with Crippen LogP contribution in [0, 0.1) is 6.92 Å². The Hall–Kier alpha value is -0.700. The fourth-order valence-corrected chi connectivity index (χ4v) is 1.91. The molecule has 1 aromatic heterocycles. The molecule has 0 bridgehead atoms. The summed E-state index contributed by atoms with van der Waals surface area (Å²) >= 11 is 1.61. The van der Waals surface area contributed by atoms with Crippen molar-refractivity contribution in [2.45, 2.75) is 27.2 Å². The Morgan fingerprint density at radius 3 is 2.64 bits per heavy atom. The molecule has 11 heavy (non-hydrogen) atoms. The number of hydrogen-bond donors (Lipinski definition) is 0. The van der Waals surface area contributed by atoms with Gasteiger partial charge in [-0.2, -0.15) is 0 Å². The number of carbonyl (C=O) groups is 1. The first-order valence-corrected chi connectivity index (χ1v) is 4.44. The van der Waals surface area contributed by atoms with Gasteiger partial charge in [-0.1, -0.05) is 6.92 Å². The van der Waals surface area contributed by atoms with Crippen LogP contribution in [-0.2, 0) is 6.42 Å². The molecule has 1 rings (SSSR count). The molecule has 0 radical (unpaired) electrons. The van der Waals surface area contributed by atoms with Crippen molar-refractivity contribution in [1.29, 1.82) is 0 Å². The van der Waals surface area contributed by atoms with Gasteiger partial charge in [-0.05, 0) is 13.3 Å². The zero-order valence-electron chi connectivity index (χ0n) is 6.97. The second-order valence-corrected chi connectivity index (χ2v) is 3.70. The Kier molecular flexibility index (Phi) is 2.39. The van der Waals surface area contributed by atoms with E-state index in [4.69, 9.17) is 0 Å². The number of ketones is 1. The van der Waals surface area contributed by atoms with E-state index in [-0.39, 0.29) is 5.78 Å². The number of aromatic nitrogens is 1. The lowest BCUT2D eigenvalue weighted by atomic mass is 10.2. The minimum atomic E-state index is 0.0752. The van der Waals surface area contributed by atoms with E-state index in [2.05, 4.69) is 4.98 Å². The van der Waals surface area contributed by atoms with E-state index in [9.17, 15) is 4.79 Å². The standard InChI is InChI=1S/C8H11NOS/c1-4-7-8(5(2)10)9-6(3)11-7/h4H2,1-3H3. The molecule has 0 spiro atoms. The molecule has 0 atom stereocenters. The van der Waals surface area contributed by atoms with Crippen LogP contribution < -0.4 is 0 Å². The van der Waals surface area contributed by atoms with Gasteiger partial charge in [0.15, 0.2) is 5.78 Å². The number of aryl methyl sites for hydroxylation is 2. The highest BCUT2D eigenvalue weighted by molar-refractivity contribution is 7.11. The Balaban J connectivity index is 3.12. The van der Waals surface area contributed by atoms with Gasteiger partial charge in [-0.15, -0.1) is 11.3 Å². The van der Waals surface area contributed by atoms with Crippen molar-refractivity contribution >= 4 is 17.1 Å². The van der Waals surface area contributed by atoms with Crippen LogP contribution in [0.5, 0.6) is 0 Å². The predicted molar refractivity (Wildman–Crippen MR) is 46.2 cm³/mol. The number of rotatable bonds is 2. The third-order valence-electron chi connectivity index (χ3n) is 1.46. The second kappa shape index (κ2) is 3.13. The fraction of sp³-hybridized carbons (Fsp3) is 0.500. The minimum Gasteiger partial charge on any atom is -0.293 e. The summed E-state index contributed by atoms with van der Waals surface area (Å²) in [5, 5.41) is 0.979. The number of thiazole rings is 1.